The van der Waals surface area contributed by atoms with Gasteiger partial charge in [0.05, 0.1) is 6.10 Å². The van der Waals surface area contributed by atoms with Crippen LogP contribution in [-0.2, 0) is 14.3 Å². The maximum Gasteiger partial charge on any atom is 0.303 e. The molecule has 14 heavy (non-hydrogen) atoms. The number of carbonyl (C=O) groups excluding carboxylic acids is 1. The van der Waals surface area contributed by atoms with E-state index in [1.54, 1.807) is 0 Å². The molecule has 1 fully saturated rings. The molecular formula is C10H17FO3. The van der Waals surface area contributed by atoms with Crippen molar-refractivity contribution < 1.29 is 18.7 Å². The monoisotopic (exact) mass is 204 g/mol. The molecule has 0 aliphatic carbocycles. The second-order valence-corrected chi connectivity index (χ2v) is 3.98. The van der Waals surface area contributed by atoms with Gasteiger partial charge in [-0.05, 0) is 12.8 Å². The molecule has 0 spiro atoms. The molecule has 82 valence electrons. The third-order valence-corrected chi connectivity index (χ3v) is 2.99. The Kier molecular flexibility index (Phi) is 3.48. The van der Waals surface area contributed by atoms with Gasteiger partial charge in [0.25, 0.3) is 0 Å². The van der Waals surface area contributed by atoms with Gasteiger partial charge in [0.15, 0.2) is 6.10 Å². The highest BCUT2D eigenvalue weighted by Crippen LogP contribution is 2.32. The Hall–Kier alpha value is -0.640. The lowest BCUT2D eigenvalue weighted by molar-refractivity contribution is -0.225. The summed E-state index contributed by atoms with van der Waals surface area (Å²) in [6, 6.07) is 0. The van der Waals surface area contributed by atoms with E-state index < -0.39 is 18.4 Å². The van der Waals surface area contributed by atoms with E-state index in [0.717, 1.165) is 0 Å². The van der Waals surface area contributed by atoms with Crippen molar-refractivity contribution in [1.82, 2.24) is 0 Å². The van der Waals surface area contributed by atoms with Crippen molar-refractivity contribution in [2.45, 2.75) is 46.3 Å². The van der Waals surface area contributed by atoms with Crippen molar-refractivity contribution in [1.29, 1.82) is 0 Å². The van der Waals surface area contributed by atoms with Gasteiger partial charge in [-0.2, -0.15) is 0 Å². The first-order valence-electron chi connectivity index (χ1n) is 4.90. The highest BCUT2D eigenvalue weighted by atomic mass is 19.1. The van der Waals surface area contributed by atoms with Crippen LogP contribution >= 0.6 is 0 Å². The maximum atomic E-state index is 13.4. The van der Waals surface area contributed by atoms with Gasteiger partial charge in [0.1, 0.15) is 0 Å². The van der Waals surface area contributed by atoms with E-state index >= 15 is 0 Å². The van der Waals surface area contributed by atoms with E-state index in [0.29, 0.717) is 0 Å². The highest BCUT2D eigenvalue weighted by Gasteiger charge is 2.41. The van der Waals surface area contributed by atoms with Gasteiger partial charge in [0.2, 0.25) is 6.36 Å². The molecular weight excluding hydrogens is 187 g/mol. The Morgan fingerprint density at radius 1 is 1.29 bits per heavy atom. The molecule has 0 aromatic rings. The van der Waals surface area contributed by atoms with E-state index in [1.807, 2.05) is 20.8 Å². The molecule has 1 heterocycles. The van der Waals surface area contributed by atoms with Crippen LogP contribution in [0, 0.1) is 11.8 Å². The van der Waals surface area contributed by atoms with E-state index in [-0.39, 0.29) is 17.9 Å². The van der Waals surface area contributed by atoms with Crippen molar-refractivity contribution in [2.24, 2.45) is 11.8 Å². The van der Waals surface area contributed by atoms with Crippen molar-refractivity contribution in [3.63, 3.8) is 0 Å². The lowest BCUT2D eigenvalue weighted by Gasteiger charge is -2.39. The highest BCUT2D eigenvalue weighted by molar-refractivity contribution is 5.66. The van der Waals surface area contributed by atoms with Gasteiger partial charge < -0.3 is 9.47 Å². The Bertz CT molecular complexity index is 219. The van der Waals surface area contributed by atoms with E-state index in [1.165, 1.54) is 6.92 Å². The molecule has 1 rings (SSSR count). The molecule has 3 nitrogen and oxygen atoms in total. The summed E-state index contributed by atoms with van der Waals surface area (Å²) in [4.78, 5) is 10.7. The first kappa shape index (κ1) is 11.4. The standard InChI is InChI=1S/C10H17FO3/c1-5-6(2)9(14-8(4)12)10(11)13-7(5)3/h5-7,9-10H,1-4H3. The van der Waals surface area contributed by atoms with Crippen LogP contribution in [0.4, 0.5) is 4.39 Å². The summed E-state index contributed by atoms with van der Waals surface area (Å²) in [7, 11) is 0. The van der Waals surface area contributed by atoms with Gasteiger partial charge in [-0.1, -0.05) is 13.8 Å². The minimum atomic E-state index is -1.50. The smallest absolute Gasteiger partial charge is 0.303 e. The summed E-state index contributed by atoms with van der Waals surface area (Å²) >= 11 is 0. The quantitative estimate of drug-likeness (QED) is 0.612. The summed E-state index contributed by atoms with van der Waals surface area (Å²) in [5, 5.41) is 0. The van der Waals surface area contributed by atoms with E-state index in [4.69, 9.17) is 9.47 Å². The predicted octanol–water partition coefficient (Wildman–Crippen LogP) is 1.90. The number of rotatable bonds is 1. The average Bonchev–Trinajstić information content (AvgIpc) is 2.09. The lowest BCUT2D eigenvalue weighted by atomic mass is 9.84. The zero-order valence-electron chi connectivity index (χ0n) is 8.99. The van der Waals surface area contributed by atoms with Crippen LogP contribution in [0.2, 0.25) is 0 Å². The minimum Gasteiger partial charge on any atom is -0.457 e. The third kappa shape index (κ3) is 2.23. The molecule has 5 atom stereocenters. The second-order valence-electron chi connectivity index (χ2n) is 3.98. The van der Waals surface area contributed by atoms with Gasteiger partial charge in [-0.25, -0.2) is 4.39 Å². The molecule has 0 radical (unpaired) electrons. The Morgan fingerprint density at radius 2 is 1.86 bits per heavy atom. The maximum absolute atomic E-state index is 13.4. The second kappa shape index (κ2) is 4.26. The van der Waals surface area contributed by atoms with Crippen LogP contribution in [0.15, 0.2) is 0 Å². The molecule has 0 aromatic carbocycles. The molecule has 0 amide bonds. The Labute approximate surface area is 83.6 Å². The first-order valence-corrected chi connectivity index (χ1v) is 4.90. The van der Waals surface area contributed by atoms with Gasteiger partial charge >= 0.3 is 5.97 Å². The average molecular weight is 204 g/mol. The van der Waals surface area contributed by atoms with Gasteiger partial charge in [-0.3, -0.25) is 4.79 Å². The zero-order chi connectivity index (χ0) is 10.9. The van der Waals surface area contributed by atoms with E-state index in [9.17, 15) is 9.18 Å². The Balaban J connectivity index is 2.68. The first-order chi connectivity index (χ1) is 6.43. The topological polar surface area (TPSA) is 35.5 Å². The normalized spacial score (nSPS) is 43.4. The molecule has 4 heteroatoms. The van der Waals surface area contributed by atoms with Gasteiger partial charge in [-0.15, -0.1) is 0 Å². The fourth-order valence-electron chi connectivity index (χ4n) is 1.72. The number of halogens is 1. The number of ether oxygens (including phenoxy) is 2. The largest absolute Gasteiger partial charge is 0.457 e. The Morgan fingerprint density at radius 3 is 2.36 bits per heavy atom. The number of esters is 1. The number of alkyl halides is 1. The van der Waals surface area contributed by atoms with Crippen molar-refractivity contribution in [2.75, 3.05) is 0 Å². The van der Waals surface area contributed by atoms with Crippen LogP contribution in [0.1, 0.15) is 27.7 Å². The van der Waals surface area contributed by atoms with Crippen molar-refractivity contribution in [3.05, 3.63) is 0 Å². The minimum absolute atomic E-state index is 0.0161. The van der Waals surface area contributed by atoms with E-state index in [2.05, 4.69) is 0 Å². The molecule has 0 aromatic heterocycles. The molecule has 0 bridgehead atoms. The van der Waals surface area contributed by atoms with Crippen molar-refractivity contribution >= 4 is 5.97 Å². The molecule has 5 unspecified atom stereocenters. The third-order valence-electron chi connectivity index (χ3n) is 2.99. The number of hydrogen-bond acceptors (Lipinski definition) is 3. The lowest BCUT2D eigenvalue weighted by Crippen LogP contribution is -2.48. The number of carbonyl (C=O) groups is 1. The van der Waals surface area contributed by atoms with Crippen LogP contribution in [0.25, 0.3) is 0 Å². The zero-order valence-corrected chi connectivity index (χ0v) is 8.99. The molecule has 1 aliphatic rings. The predicted molar refractivity (Wildman–Crippen MR) is 49.3 cm³/mol. The molecule has 1 saturated heterocycles. The summed E-state index contributed by atoms with van der Waals surface area (Å²) in [6.45, 7) is 6.96. The molecule has 0 N–H and O–H groups in total. The summed E-state index contributed by atoms with van der Waals surface area (Å²) in [5.41, 5.74) is 0. The van der Waals surface area contributed by atoms with Crippen LogP contribution < -0.4 is 0 Å². The fourth-order valence-corrected chi connectivity index (χ4v) is 1.72. The van der Waals surface area contributed by atoms with Crippen LogP contribution in [0.5, 0.6) is 0 Å². The van der Waals surface area contributed by atoms with Crippen LogP contribution in [0.3, 0.4) is 0 Å². The van der Waals surface area contributed by atoms with Crippen LogP contribution in [-0.4, -0.2) is 24.5 Å². The SMILES string of the molecule is CC(=O)OC1C(F)OC(C)C(C)C1C. The fraction of sp³-hybridized carbons (Fsp3) is 0.900. The molecule has 0 saturated carbocycles. The summed E-state index contributed by atoms with van der Waals surface area (Å²) in [6.07, 6.45) is -2.40. The van der Waals surface area contributed by atoms with Gasteiger partial charge in [0, 0.05) is 12.8 Å². The summed E-state index contributed by atoms with van der Waals surface area (Å²) < 4.78 is 23.3. The summed E-state index contributed by atoms with van der Waals surface area (Å²) in [5.74, 6) is -0.293. The molecule has 1 aliphatic heterocycles. The van der Waals surface area contributed by atoms with Crippen molar-refractivity contribution in [3.8, 4) is 0 Å². The number of hydrogen-bond donors (Lipinski definition) is 0.